The number of hydrogen-bond acceptors (Lipinski definition) is 3. The molecule has 0 bridgehead atoms. The molecule has 1 N–H and O–H groups in total. The predicted octanol–water partition coefficient (Wildman–Crippen LogP) is 1.14. The van der Waals surface area contributed by atoms with Crippen molar-refractivity contribution in [2.45, 2.75) is 6.04 Å². The molecule has 0 spiro atoms. The van der Waals surface area contributed by atoms with Crippen LogP contribution >= 0.6 is 0 Å². The van der Waals surface area contributed by atoms with Crippen molar-refractivity contribution in [2.75, 3.05) is 6.61 Å². The van der Waals surface area contributed by atoms with Crippen LogP contribution in [0.2, 0.25) is 0 Å². The van der Waals surface area contributed by atoms with Gasteiger partial charge in [0, 0.05) is 10.5 Å². The lowest BCUT2D eigenvalue weighted by Gasteiger charge is -2.05. The average molecular weight is 185 g/mol. The molecule has 1 aromatic rings. The van der Waals surface area contributed by atoms with Gasteiger partial charge in [-0.25, -0.2) is 4.39 Å². The fourth-order valence-corrected chi connectivity index (χ4v) is 1.01. The Kier molecular flexibility index (Phi) is 2.92. The molecule has 1 unspecified atom stereocenters. The minimum absolute atomic E-state index is 0.174. The second kappa shape index (κ2) is 3.95. The van der Waals surface area contributed by atoms with Gasteiger partial charge in [0.25, 0.3) is 6.04 Å². The van der Waals surface area contributed by atoms with Crippen LogP contribution in [-0.2, 0) is 0 Å². The van der Waals surface area contributed by atoms with E-state index < -0.39 is 23.4 Å². The molecule has 0 amide bonds. The Morgan fingerprint density at radius 1 is 1.62 bits per heavy atom. The van der Waals surface area contributed by atoms with Crippen LogP contribution in [0.4, 0.5) is 4.39 Å². The third kappa shape index (κ3) is 2.22. The Morgan fingerprint density at radius 3 is 2.77 bits per heavy atom. The maximum absolute atomic E-state index is 12.6. The van der Waals surface area contributed by atoms with Crippen molar-refractivity contribution < 1.29 is 14.4 Å². The van der Waals surface area contributed by atoms with E-state index in [-0.39, 0.29) is 5.56 Å². The smallest absolute Gasteiger partial charge is 0.260 e. The number of benzene rings is 1. The number of halogens is 1. The molecule has 0 saturated heterocycles. The van der Waals surface area contributed by atoms with Gasteiger partial charge in [0.2, 0.25) is 0 Å². The highest BCUT2D eigenvalue weighted by Gasteiger charge is 2.21. The van der Waals surface area contributed by atoms with Gasteiger partial charge >= 0.3 is 0 Å². The second-order valence-electron chi connectivity index (χ2n) is 2.54. The number of rotatable bonds is 3. The van der Waals surface area contributed by atoms with Crippen molar-refractivity contribution in [3.05, 3.63) is 45.8 Å². The lowest BCUT2D eigenvalue weighted by molar-refractivity contribution is -0.532. The van der Waals surface area contributed by atoms with Gasteiger partial charge in [0.05, 0.1) is 0 Å². The van der Waals surface area contributed by atoms with Gasteiger partial charge in [-0.3, -0.25) is 10.1 Å². The maximum Gasteiger partial charge on any atom is 0.260 e. The Morgan fingerprint density at radius 2 is 2.31 bits per heavy atom. The number of aliphatic hydroxyl groups is 1. The van der Waals surface area contributed by atoms with E-state index in [1.807, 2.05) is 0 Å². The van der Waals surface area contributed by atoms with E-state index in [4.69, 9.17) is 5.11 Å². The topological polar surface area (TPSA) is 63.4 Å². The summed E-state index contributed by atoms with van der Waals surface area (Å²) < 4.78 is 12.6. The number of hydrogen-bond donors (Lipinski definition) is 1. The molecule has 0 heterocycles. The van der Waals surface area contributed by atoms with Gasteiger partial charge in [0.1, 0.15) is 12.4 Å². The van der Waals surface area contributed by atoms with Crippen LogP contribution < -0.4 is 0 Å². The zero-order chi connectivity index (χ0) is 9.84. The molecule has 0 radical (unpaired) electrons. The Bertz CT molecular complexity index is 316. The van der Waals surface area contributed by atoms with Crippen LogP contribution in [0.5, 0.6) is 0 Å². The molecule has 5 heteroatoms. The summed E-state index contributed by atoms with van der Waals surface area (Å²) >= 11 is 0. The molecule has 0 aliphatic heterocycles. The molecular weight excluding hydrogens is 177 g/mol. The van der Waals surface area contributed by atoms with Crippen LogP contribution in [-0.4, -0.2) is 16.6 Å². The summed E-state index contributed by atoms with van der Waals surface area (Å²) in [6.07, 6.45) is 0. The van der Waals surface area contributed by atoms with Gasteiger partial charge < -0.3 is 5.11 Å². The van der Waals surface area contributed by atoms with E-state index in [1.54, 1.807) is 0 Å². The van der Waals surface area contributed by atoms with Crippen LogP contribution in [0, 0.1) is 15.9 Å². The van der Waals surface area contributed by atoms with E-state index >= 15 is 0 Å². The number of aliphatic hydroxyl groups excluding tert-OH is 1. The minimum atomic E-state index is -1.24. The van der Waals surface area contributed by atoms with Crippen molar-refractivity contribution in [3.8, 4) is 0 Å². The predicted molar refractivity (Wildman–Crippen MR) is 43.2 cm³/mol. The fourth-order valence-electron chi connectivity index (χ4n) is 1.01. The van der Waals surface area contributed by atoms with Crippen LogP contribution in [0.15, 0.2) is 24.3 Å². The maximum atomic E-state index is 12.6. The Hall–Kier alpha value is -1.49. The fraction of sp³-hybridized carbons (Fsp3) is 0.250. The third-order valence-electron chi connectivity index (χ3n) is 1.66. The van der Waals surface area contributed by atoms with Crippen molar-refractivity contribution in [3.63, 3.8) is 0 Å². The third-order valence-corrected chi connectivity index (χ3v) is 1.66. The summed E-state index contributed by atoms with van der Waals surface area (Å²) in [5.41, 5.74) is 0.174. The normalized spacial score (nSPS) is 12.5. The first-order chi connectivity index (χ1) is 6.15. The number of nitro groups is 1. The molecule has 0 fully saturated rings. The van der Waals surface area contributed by atoms with E-state index in [1.165, 1.54) is 18.2 Å². The van der Waals surface area contributed by atoms with Gasteiger partial charge in [-0.05, 0) is 12.1 Å². The van der Waals surface area contributed by atoms with E-state index in [0.717, 1.165) is 6.07 Å². The summed E-state index contributed by atoms with van der Waals surface area (Å²) in [4.78, 5) is 9.72. The molecule has 13 heavy (non-hydrogen) atoms. The van der Waals surface area contributed by atoms with E-state index in [9.17, 15) is 14.5 Å². The molecule has 0 aliphatic carbocycles. The Balaban J connectivity index is 2.98. The highest BCUT2D eigenvalue weighted by molar-refractivity contribution is 5.18. The first-order valence-corrected chi connectivity index (χ1v) is 3.65. The zero-order valence-corrected chi connectivity index (χ0v) is 6.68. The van der Waals surface area contributed by atoms with Crippen molar-refractivity contribution in [1.29, 1.82) is 0 Å². The second-order valence-corrected chi connectivity index (χ2v) is 2.54. The molecule has 70 valence electrons. The van der Waals surface area contributed by atoms with Crippen molar-refractivity contribution in [1.82, 2.24) is 0 Å². The van der Waals surface area contributed by atoms with E-state index in [2.05, 4.69) is 0 Å². The molecule has 4 nitrogen and oxygen atoms in total. The first-order valence-electron chi connectivity index (χ1n) is 3.65. The minimum Gasteiger partial charge on any atom is -0.389 e. The molecule has 1 rings (SSSR count). The van der Waals surface area contributed by atoms with Crippen LogP contribution in [0.1, 0.15) is 11.6 Å². The summed E-state index contributed by atoms with van der Waals surface area (Å²) in [6.45, 7) is -0.629. The first kappa shape index (κ1) is 9.60. The van der Waals surface area contributed by atoms with Gasteiger partial charge in [-0.2, -0.15) is 0 Å². The molecule has 0 aromatic heterocycles. The van der Waals surface area contributed by atoms with Gasteiger partial charge in [-0.1, -0.05) is 12.1 Å². The largest absolute Gasteiger partial charge is 0.389 e. The molecule has 0 aliphatic rings. The van der Waals surface area contributed by atoms with Crippen LogP contribution in [0.25, 0.3) is 0 Å². The summed E-state index contributed by atoms with van der Waals surface area (Å²) in [5.74, 6) is -0.544. The number of nitrogens with zero attached hydrogens (tertiary/aromatic N) is 1. The van der Waals surface area contributed by atoms with E-state index in [0.29, 0.717) is 0 Å². The summed E-state index contributed by atoms with van der Waals surface area (Å²) in [5, 5.41) is 19.0. The summed E-state index contributed by atoms with van der Waals surface area (Å²) in [6, 6.07) is 3.78. The summed E-state index contributed by atoms with van der Waals surface area (Å²) in [7, 11) is 0. The lowest BCUT2D eigenvalue weighted by atomic mass is 10.1. The van der Waals surface area contributed by atoms with Gasteiger partial charge in [0.15, 0.2) is 0 Å². The SMILES string of the molecule is O=[N+]([O-])C(CO)c1cccc(F)c1. The van der Waals surface area contributed by atoms with Crippen molar-refractivity contribution >= 4 is 0 Å². The zero-order valence-electron chi connectivity index (χ0n) is 6.68. The highest BCUT2D eigenvalue weighted by Crippen LogP contribution is 2.16. The highest BCUT2D eigenvalue weighted by atomic mass is 19.1. The quantitative estimate of drug-likeness (QED) is 0.567. The monoisotopic (exact) mass is 185 g/mol. The lowest BCUT2D eigenvalue weighted by Crippen LogP contribution is -2.14. The molecule has 1 atom stereocenters. The van der Waals surface area contributed by atoms with Crippen LogP contribution in [0.3, 0.4) is 0 Å². The van der Waals surface area contributed by atoms with Gasteiger partial charge in [-0.15, -0.1) is 0 Å². The average Bonchev–Trinajstić information content (AvgIpc) is 2.04. The van der Waals surface area contributed by atoms with Crippen molar-refractivity contribution in [2.24, 2.45) is 0 Å². The Labute approximate surface area is 73.8 Å². The molecular formula is C8H8FNO3. The molecule has 0 saturated carbocycles. The molecule has 1 aromatic carbocycles. The standard InChI is InChI=1S/C8H8FNO3/c9-7-3-1-2-6(4-7)8(5-11)10(12)13/h1-4,8,11H,5H2.